The minimum absolute atomic E-state index is 0.432. The Bertz CT molecular complexity index is 523. The third-order valence-electron chi connectivity index (χ3n) is 2.76. The van der Waals surface area contributed by atoms with Crippen LogP contribution in [-0.4, -0.2) is 9.97 Å². The molecule has 0 amide bonds. The lowest BCUT2D eigenvalue weighted by atomic mass is 10.1. The van der Waals surface area contributed by atoms with Gasteiger partial charge in [0.05, 0.1) is 0 Å². The molecule has 1 aromatic carbocycles. The molecular formula is C13H13Cl2N3. The molecule has 1 heterocycles. The van der Waals surface area contributed by atoms with Crippen LogP contribution in [0.4, 0.5) is 5.82 Å². The van der Waals surface area contributed by atoms with Crippen LogP contribution in [0.3, 0.4) is 0 Å². The number of rotatable bonds is 4. The maximum absolute atomic E-state index is 6.09. The van der Waals surface area contributed by atoms with E-state index in [1.165, 1.54) is 6.33 Å². The molecule has 0 aliphatic heterocycles. The Morgan fingerprint density at radius 3 is 2.56 bits per heavy atom. The molecule has 1 aromatic heterocycles. The first-order chi connectivity index (χ1) is 8.68. The van der Waals surface area contributed by atoms with Crippen molar-refractivity contribution >= 4 is 29.0 Å². The van der Waals surface area contributed by atoms with E-state index in [1.807, 2.05) is 24.3 Å². The summed E-state index contributed by atoms with van der Waals surface area (Å²) in [6.45, 7) is 0. The predicted molar refractivity (Wildman–Crippen MR) is 74.9 cm³/mol. The maximum atomic E-state index is 6.09. The zero-order valence-corrected chi connectivity index (χ0v) is 11.2. The quantitative estimate of drug-likeness (QED) is 0.872. The van der Waals surface area contributed by atoms with Crippen LogP contribution >= 0.6 is 23.2 Å². The molecule has 2 aromatic rings. The molecule has 18 heavy (non-hydrogen) atoms. The van der Waals surface area contributed by atoms with E-state index in [-0.39, 0.29) is 0 Å². The van der Waals surface area contributed by atoms with Crippen molar-refractivity contribution in [1.82, 2.24) is 9.97 Å². The number of aromatic nitrogens is 2. The average Bonchev–Trinajstić information content (AvgIpc) is 2.35. The summed E-state index contributed by atoms with van der Waals surface area (Å²) in [4.78, 5) is 7.87. The number of aryl methyl sites for hydroxylation is 1. The highest BCUT2D eigenvalue weighted by atomic mass is 35.5. The molecular weight excluding hydrogens is 269 g/mol. The van der Waals surface area contributed by atoms with Crippen molar-refractivity contribution in [1.29, 1.82) is 0 Å². The Balaban J connectivity index is 1.99. The summed E-state index contributed by atoms with van der Waals surface area (Å²) in [7, 11) is 0. The van der Waals surface area contributed by atoms with Crippen molar-refractivity contribution in [2.45, 2.75) is 19.3 Å². The highest BCUT2D eigenvalue weighted by Gasteiger charge is 2.07. The van der Waals surface area contributed by atoms with Crippen molar-refractivity contribution in [3.8, 4) is 0 Å². The summed E-state index contributed by atoms with van der Waals surface area (Å²) in [5.41, 5.74) is 7.71. The average molecular weight is 282 g/mol. The lowest BCUT2D eigenvalue weighted by Gasteiger charge is -2.07. The van der Waals surface area contributed by atoms with Gasteiger partial charge in [0.2, 0.25) is 0 Å². The fourth-order valence-electron chi connectivity index (χ4n) is 1.79. The number of halogens is 2. The fraction of sp³-hybridized carbons (Fsp3) is 0.231. The van der Waals surface area contributed by atoms with Crippen molar-refractivity contribution in [3.63, 3.8) is 0 Å². The third kappa shape index (κ3) is 3.12. The second-order valence-electron chi connectivity index (χ2n) is 3.97. The highest BCUT2D eigenvalue weighted by Crippen LogP contribution is 2.21. The summed E-state index contributed by atoms with van der Waals surface area (Å²) in [5.74, 6) is 0.453. The second-order valence-corrected chi connectivity index (χ2v) is 4.74. The summed E-state index contributed by atoms with van der Waals surface area (Å²) in [5, 5.41) is 1.22. The maximum Gasteiger partial charge on any atom is 0.137 e. The Kier molecular flexibility index (Phi) is 4.39. The van der Waals surface area contributed by atoms with E-state index < -0.39 is 0 Å². The predicted octanol–water partition coefficient (Wildman–Crippen LogP) is 3.54. The lowest BCUT2D eigenvalue weighted by molar-refractivity contribution is 0.814. The van der Waals surface area contributed by atoms with Crippen molar-refractivity contribution in [2.24, 2.45) is 0 Å². The van der Waals surface area contributed by atoms with Gasteiger partial charge in [-0.2, -0.15) is 0 Å². The molecule has 0 atom stereocenters. The van der Waals surface area contributed by atoms with Gasteiger partial charge in [0.25, 0.3) is 0 Å². The first-order valence-electron chi connectivity index (χ1n) is 5.66. The standard InChI is InChI=1S/C13H13Cl2N3/c14-11-7-2-1-4-9(11)5-3-6-10-12(15)17-8-18-13(10)16/h1-2,4,7-8H,3,5-6H2,(H2,16,17,18). The minimum Gasteiger partial charge on any atom is -0.383 e. The van der Waals surface area contributed by atoms with E-state index in [9.17, 15) is 0 Å². The summed E-state index contributed by atoms with van der Waals surface area (Å²) in [6, 6.07) is 7.82. The number of nitrogens with zero attached hydrogens (tertiary/aromatic N) is 2. The van der Waals surface area contributed by atoms with E-state index in [0.717, 1.165) is 35.4 Å². The second kappa shape index (κ2) is 6.03. The van der Waals surface area contributed by atoms with Gasteiger partial charge in [-0.15, -0.1) is 0 Å². The van der Waals surface area contributed by atoms with Gasteiger partial charge < -0.3 is 5.73 Å². The Labute approximate surface area is 116 Å². The van der Waals surface area contributed by atoms with Crippen LogP contribution in [0.5, 0.6) is 0 Å². The molecule has 94 valence electrons. The van der Waals surface area contributed by atoms with Crippen molar-refractivity contribution in [2.75, 3.05) is 5.73 Å². The topological polar surface area (TPSA) is 51.8 Å². The van der Waals surface area contributed by atoms with E-state index >= 15 is 0 Å². The molecule has 0 saturated heterocycles. The van der Waals surface area contributed by atoms with E-state index in [2.05, 4.69) is 9.97 Å². The first kappa shape index (κ1) is 13.1. The van der Waals surface area contributed by atoms with Gasteiger partial charge in [0.1, 0.15) is 17.3 Å². The number of benzene rings is 1. The van der Waals surface area contributed by atoms with Crippen molar-refractivity contribution < 1.29 is 0 Å². The van der Waals surface area contributed by atoms with Crippen LogP contribution in [0.25, 0.3) is 0 Å². The van der Waals surface area contributed by atoms with Gasteiger partial charge in [-0.25, -0.2) is 9.97 Å². The van der Waals surface area contributed by atoms with Crippen LogP contribution in [0, 0.1) is 0 Å². The van der Waals surface area contributed by atoms with Gasteiger partial charge in [-0.05, 0) is 30.9 Å². The number of nitrogen functional groups attached to an aromatic ring is 1. The summed E-state index contributed by atoms with van der Waals surface area (Å²) >= 11 is 12.1. The Morgan fingerprint density at radius 1 is 1.06 bits per heavy atom. The molecule has 0 bridgehead atoms. The van der Waals surface area contributed by atoms with Crippen LogP contribution in [-0.2, 0) is 12.8 Å². The highest BCUT2D eigenvalue weighted by molar-refractivity contribution is 6.31. The van der Waals surface area contributed by atoms with Crippen LogP contribution in [0.15, 0.2) is 30.6 Å². The number of anilines is 1. The molecule has 5 heteroatoms. The van der Waals surface area contributed by atoms with Crippen LogP contribution in [0.1, 0.15) is 17.5 Å². The lowest BCUT2D eigenvalue weighted by Crippen LogP contribution is -2.01. The molecule has 0 radical (unpaired) electrons. The fourth-order valence-corrected chi connectivity index (χ4v) is 2.26. The largest absolute Gasteiger partial charge is 0.383 e. The molecule has 2 N–H and O–H groups in total. The van der Waals surface area contributed by atoms with Gasteiger partial charge in [0, 0.05) is 10.6 Å². The van der Waals surface area contributed by atoms with E-state index in [1.54, 1.807) is 0 Å². The number of hydrogen-bond donors (Lipinski definition) is 1. The Hall–Kier alpha value is -1.32. The molecule has 0 saturated carbocycles. The van der Waals surface area contributed by atoms with Gasteiger partial charge in [-0.1, -0.05) is 41.4 Å². The first-order valence-corrected chi connectivity index (χ1v) is 6.42. The normalized spacial score (nSPS) is 10.6. The number of hydrogen-bond acceptors (Lipinski definition) is 3. The monoisotopic (exact) mass is 281 g/mol. The van der Waals surface area contributed by atoms with Crippen LogP contribution in [0.2, 0.25) is 10.2 Å². The molecule has 0 unspecified atom stereocenters. The SMILES string of the molecule is Nc1ncnc(Cl)c1CCCc1ccccc1Cl. The smallest absolute Gasteiger partial charge is 0.137 e. The zero-order valence-electron chi connectivity index (χ0n) is 9.74. The van der Waals surface area contributed by atoms with Gasteiger partial charge in [0.15, 0.2) is 0 Å². The van der Waals surface area contributed by atoms with Crippen LogP contribution < -0.4 is 5.73 Å². The summed E-state index contributed by atoms with van der Waals surface area (Å²) < 4.78 is 0. The molecule has 0 spiro atoms. The zero-order chi connectivity index (χ0) is 13.0. The molecule has 2 rings (SSSR count). The molecule has 0 fully saturated rings. The van der Waals surface area contributed by atoms with Gasteiger partial charge >= 0.3 is 0 Å². The third-order valence-corrected chi connectivity index (χ3v) is 3.45. The summed E-state index contributed by atoms with van der Waals surface area (Å²) in [6.07, 6.45) is 3.90. The minimum atomic E-state index is 0.432. The van der Waals surface area contributed by atoms with Gasteiger partial charge in [-0.3, -0.25) is 0 Å². The molecule has 0 aliphatic carbocycles. The van der Waals surface area contributed by atoms with E-state index in [0.29, 0.717) is 11.0 Å². The molecule has 0 aliphatic rings. The number of nitrogens with two attached hydrogens (primary N) is 1. The van der Waals surface area contributed by atoms with E-state index in [4.69, 9.17) is 28.9 Å². The molecule has 3 nitrogen and oxygen atoms in total. The van der Waals surface area contributed by atoms with Crippen molar-refractivity contribution in [3.05, 3.63) is 51.9 Å². The Morgan fingerprint density at radius 2 is 1.83 bits per heavy atom.